The highest BCUT2D eigenvalue weighted by Crippen LogP contribution is 2.20. The minimum absolute atomic E-state index is 0.0129. The lowest BCUT2D eigenvalue weighted by Crippen LogP contribution is -2.43. The van der Waals surface area contributed by atoms with Gasteiger partial charge in [0.25, 0.3) is 0 Å². The molecule has 0 aliphatic rings. The molecule has 8 nitrogen and oxygen atoms in total. The standard InChI is InChI=1S/C30H39NO7/c1-5-24(29(35)27(33)12-11-22-14-23(18-32)16-25(15-22)37-4)17-28(34)26(13-20(2)3)31-30(36)38-19-21-9-7-6-8-10-21/h6-10,14-16,20,24,26,32H,5,11-13,17-19H2,1-4H3,(H,31,36). The van der Waals surface area contributed by atoms with E-state index in [0.29, 0.717) is 30.6 Å². The van der Waals surface area contributed by atoms with Crippen molar-refractivity contribution in [2.75, 3.05) is 7.11 Å². The number of ether oxygens (including phenoxy) is 2. The summed E-state index contributed by atoms with van der Waals surface area (Å²) in [4.78, 5) is 51.2. The number of hydrogen-bond donors (Lipinski definition) is 2. The van der Waals surface area contributed by atoms with Crippen molar-refractivity contribution in [3.05, 3.63) is 65.2 Å². The summed E-state index contributed by atoms with van der Waals surface area (Å²) in [6.45, 7) is 5.54. The number of Topliss-reactive ketones (excluding diaryl/α,β-unsaturated/α-hetero) is 3. The van der Waals surface area contributed by atoms with Gasteiger partial charge in [0.1, 0.15) is 12.4 Å². The molecule has 8 heteroatoms. The zero-order valence-electron chi connectivity index (χ0n) is 22.7. The van der Waals surface area contributed by atoms with Gasteiger partial charge in [-0.25, -0.2) is 4.79 Å². The summed E-state index contributed by atoms with van der Waals surface area (Å²) in [7, 11) is 1.52. The Kier molecular flexibility index (Phi) is 12.7. The molecule has 0 saturated heterocycles. The van der Waals surface area contributed by atoms with Crippen LogP contribution >= 0.6 is 0 Å². The van der Waals surface area contributed by atoms with Gasteiger partial charge in [-0.2, -0.15) is 0 Å². The highest BCUT2D eigenvalue weighted by Gasteiger charge is 2.30. The van der Waals surface area contributed by atoms with Gasteiger partial charge < -0.3 is 19.9 Å². The molecule has 0 radical (unpaired) electrons. The largest absolute Gasteiger partial charge is 0.497 e. The highest BCUT2D eigenvalue weighted by atomic mass is 16.5. The lowest BCUT2D eigenvalue weighted by molar-refractivity contribution is -0.140. The Morgan fingerprint density at radius 2 is 1.66 bits per heavy atom. The van der Waals surface area contributed by atoms with E-state index in [0.717, 1.165) is 11.1 Å². The Hall–Kier alpha value is -3.52. The number of carbonyl (C=O) groups is 4. The molecule has 0 heterocycles. The van der Waals surface area contributed by atoms with Crippen molar-refractivity contribution >= 4 is 23.4 Å². The van der Waals surface area contributed by atoms with Crippen LogP contribution in [0.15, 0.2) is 48.5 Å². The van der Waals surface area contributed by atoms with Crippen LogP contribution in [0.1, 0.15) is 63.1 Å². The van der Waals surface area contributed by atoms with Crippen LogP contribution in [0.5, 0.6) is 5.75 Å². The lowest BCUT2D eigenvalue weighted by atomic mass is 9.87. The molecular formula is C30H39NO7. The second-order valence-electron chi connectivity index (χ2n) is 9.80. The summed E-state index contributed by atoms with van der Waals surface area (Å²) < 4.78 is 10.5. The smallest absolute Gasteiger partial charge is 0.408 e. The van der Waals surface area contributed by atoms with Gasteiger partial charge >= 0.3 is 6.09 Å². The number of aliphatic hydroxyl groups excluding tert-OH is 1. The number of nitrogens with one attached hydrogen (secondary N) is 1. The first-order valence-corrected chi connectivity index (χ1v) is 13.0. The lowest BCUT2D eigenvalue weighted by Gasteiger charge is -2.21. The molecule has 0 aliphatic heterocycles. The number of methoxy groups -OCH3 is 1. The van der Waals surface area contributed by atoms with Gasteiger partial charge in [-0.05, 0) is 54.0 Å². The molecular weight excluding hydrogens is 486 g/mol. The van der Waals surface area contributed by atoms with E-state index in [9.17, 15) is 24.3 Å². The maximum absolute atomic E-state index is 13.1. The molecule has 0 aliphatic carbocycles. The molecule has 206 valence electrons. The first kappa shape index (κ1) is 30.7. The first-order chi connectivity index (χ1) is 18.2. The van der Waals surface area contributed by atoms with Gasteiger partial charge in [0.2, 0.25) is 5.78 Å². The van der Waals surface area contributed by atoms with Gasteiger partial charge in [-0.1, -0.05) is 57.2 Å². The number of carbonyl (C=O) groups excluding carboxylic acids is 4. The summed E-state index contributed by atoms with van der Waals surface area (Å²) in [6.07, 6.45) is 0.178. The molecule has 0 fully saturated rings. The molecule has 38 heavy (non-hydrogen) atoms. The van der Waals surface area contributed by atoms with Crippen LogP contribution < -0.4 is 10.1 Å². The van der Waals surface area contributed by atoms with Crippen molar-refractivity contribution in [2.45, 2.75) is 72.1 Å². The molecule has 2 atom stereocenters. The molecule has 2 N–H and O–H groups in total. The van der Waals surface area contributed by atoms with Gasteiger partial charge in [0, 0.05) is 18.8 Å². The predicted octanol–water partition coefficient (Wildman–Crippen LogP) is 4.58. The Labute approximate surface area is 224 Å². The fourth-order valence-corrected chi connectivity index (χ4v) is 4.15. The Morgan fingerprint density at radius 3 is 2.26 bits per heavy atom. The van der Waals surface area contributed by atoms with Crippen molar-refractivity contribution < 1.29 is 33.8 Å². The molecule has 0 bridgehead atoms. The average Bonchev–Trinajstić information content (AvgIpc) is 2.92. The quantitative estimate of drug-likeness (QED) is 0.308. The molecule has 0 saturated carbocycles. The van der Waals surface area contributed by atoms with E-state index in [1.54, 1.807) is 25.1 Å². The van der Waals surface area contributed by atoms with E-state index < -0.39 is 29.6 Å². The number of aryl methyl sites for hydroxylation is 1. The van der Waals surface area contributed by atoms with E-state index in [2.05, 4.69) is 5.32 Å². The summed E-state index contributed by atoms with van der Waals surface area (Å²) in [5.74, 6) is -1.51. The number of amides is 1. The maximum Gasteiger partial charge on any atom is 0.408 e. The van der Waals surface area contributed by atoms with E-state index in [4.69, 9.17) is 9.47 Å². The van der Waals surface area contributed by atoms with Crippen molar-refractivity contribution in [3.8, 4) is 5.75 Å². The molecule has 2 rings (SSSR count). The summed E-state index contributed by atoms with van der Waals surface area (Å²) in [5.41, 5.74) is 2.25. The average molecular weight is 526 g/mol. The topological polar surface area (TPSA) is 119 Å². The van der Waals surface area contributed by atoms with Crippen molar-refractivity contribution in [2.24, 2.45) is 11.8 Å². The predicted molar refractivity (Wildman–Crippen MR) is 144 cm³/mol. The fraction of sp³-hybridized carbons (Fsp3) is 0.467. The fourth-order valence-electron chi connectivity index (χ4n) is 4.15. The van der Waals surface area contributed by atoms with Crippen LogP contribution in [0.25, 0.3) is 0 Å². The Bertz CT molecular complexity index is 1060. The third-order valence-electron chi connectivity index (χ3n) is 6.27. The van der Waals surface area contributed by atoms with Crippen molar-refractivity contribution in [3.63, 3.8) is 0 Å². The third kappa shape index (κ3) is 10.1. The van der Waals surface area contributed by atoms with Crippen LogP contribution in [0.4, 0.5) is 4.79 Å². The van der Waals surface area contributed by atoms with Gasteiger partial charge in [-0.15, -0.1) is 0 Å². The Morgan fingerprint density at radius 1 is 0.974 bits per heavy atom. The van der Waals surface area contributed by atoms with E-state index in [1.807, 2.05) is 44.2 Å². The van der Waals surface area contributed by atoms with Crippen molar-refractivity contribution in [1.29, 1.82) is 0 Å². The number of ketones is 3. The zero-order valence-corrected chi connectivity index (χ0v) is 22.7. The SMILES string of the molecule is CCC(CC(=O)C(CC(C)C)NC(=O)OCc1ccccc1)C(=O)C(=O)CCc1cc(CO)cc(OC)c1. The van der Waals surface area contributed by atoms with Crippen LogP contribution in [0, 0.1) is 11.8 Å². The first-order valence-electron chi connectivity index (χ1n) is 13.0. The Balaban J connectivity index is 1.97. The maximum atomic E-state index is 13.1. The molecule has 1 amide bonds. The second-order valence-corrected chi connectivity index (χ2v) is 9.80. The monoisotopic (exact) mass is 525 g/mol. The zero-order chi connectivity index (χ0) is 28.1. The van der Waals surface area contributed by atoms with Gasteiger partial charge in [-0.3, -0.25) is 14.4 Å². The van der Waals surface area contributed by atoms with Crippen LogP contribution in [0.2, 0.25) is 0 Å². The van der Waals surface area contributed by atoms with Gasteiger partial charge in [0.05, 0.1) is 19.8 Å². The van der Waals surface area contributed by atoms with Gasteiger partial charge in [0.15, 0.2) is 11.6 Å². The number of rotatable bonds is 16. The van der Waals surface area contributed by atoms with Crippen LogP contribution in [-0.2, 0) is 38.8 Å². The van der Waals surface area contributed by atoms with E-state index in [1.165, 1.54) is 7.11 Å². The number of aliphatic hydroxyl groups is 1. The molecule has 0 aromatic heterocycles. The minimum atomic E-state index is -0.816. The number of alkyl carbamates (subject to hydrolysis) is 1. The summed E-state index contributed by atoms with van der Waals surface area (Å²) in [5, 5.41) is 12.1. The molecule has 0 spiro atoms. The van der Waals surface area contributed by atoms with E-state index >= 15 is 0 Å². The van der Waals surface area contributed by atoms with Crippen LogP contribution in [-0.4, -0.2) is 41.7 Å². The number of benzene rings is 2. The molecule has 2 aromatic carbocycles. The third-order valence-corrected chi connectivity index (χ3v) is 6.27. The number of hydrogen-bond acceptors (Lipinski definition) is 7. The molecule has 2 aromatic rings. The summed E-state index contributed by atoms with van der Waals surface area (Å²) >= 11 is 0. The molecule has 2 unspecified atom stereocenters. The highest BCUT2D eigenvalue weighted by molar-refractivity contribution is 6.38. The van der Waals surface area contributed by atoms with Crippen molar-refractivity contribution in [1.82, 2.24) is 5.32 Å². The van der Waals surface area contributed by atoms with Crippen LogP contribution in [0.3, 0.4) is 0 Å². The minimum Gasteiger partial charge on any atom is -0.497 e. The normalized spacial score (nSPS) is 12.5. The summed E-state index contributed by atoms with van der Waals surface area (Å²) in [6, 6.07) is 13.6. The second kappa shape index (κ2) is 15.7. The van der Waals surface area contributed by atoms with E-state index in [-0.39, 0.29) is 37.8 Å².